The van der Waals surface area contributed by atoms with Crippen molar-refractivity contribution in [2.24, 2.45) is 5.41 Å². The topological polar surface area (TPSA) is 67.8 Å². The number of halogens is 1. The number of anilines is 1. The van der Waals surface area contributed by atoms with Crippen LogP contribution >= 0.6 is 0 Å². The molecular formula is C15H19FN4O3. The molecule has 1 amide bonds. The first-order valence-corrected chi connectivity index (χ1v) is 7.98. The molecule has 2 atom stereocenters. The number of hydrogen-bond acceptors (Lipinski definition) is 6. The van der Waals surface area contributed by atoms with Gasteiger partial charge in [-0.15, -0.1) is 0 Å². The molecule has 0 N–H and O–H groups in total. The van der Waals surface area contributed by atoms with Gasteiger partial charge in [0, 0.05) is 19.7 Å². The zero-order valence-corrected chi connectivity index (χ0v) is 12.8. The van der Waals surface area contributed by atoms with Gasteiger partial charge in [0.1, 0.15) is 0 Å². The molecule has 3 saturated heterocycles. The Morgan fingerprint density at radius 3 is 2.87 bits per heavy atom. The summed E-state index contributed by atoms with van der Waals surface area (Å²) in [4.78, 5) is 28.5. The minimum absolute atomic E-state index is 0.00990. The summed E-state index contributed by atoms with van der Waals surface area (Å²) in [5, 5.41) is 1.48. The third-order valence-electron chi connectivity index (χ3n) is 4.91. The quantitative estimate of drug-likeness (QED) is 0.801. The first kappa shape index (κ1) is 14.8. The van der Waals surface area contributed by atoms with E-state index in [2.05, 4.69) is 9.97 Å². The van der Waals surface area contributed by atoms with E-state index in [9.17, 15) is 9.18 Å². The molecule has 0 aromatic carbocycles. The van der Waals surface area contributed by atoms with Crippen molar-refractivity contribution in [3.63, 3.8) is 0 Å². The Bertz CT molecular complexity index is 593. The fourth-order valence-electron chi connectivity index (χ4n) is 3.74. The van der Waals surface area contributed by atoms with Crippen molar-refractivity contribution >= 4 is 11.9 Å². The van der Waals surface area contributed by atoms with Crippen molar-refractivity contribution in [2.45, 2.75) is 25.4 Å². The number of carbonyl (C=O) groups is 1. The third kappa shape index (κ3) is 2.46. The van der Waals surface area contributed by atoms with Gasteiger partial charge in [0.25, 0.3) is 5.91 Å². The Labute approximate surface area is 133 Å². The monoisotopic (exact) mass is 322 g/mol. The first-order valence-electron chi connectivity index (χ1n) is 7.98. The maximum Gasteiger partial charge on any atom is 0.256 e. The molecule has 3 aliphatic heterocycles. The number of ether oxygens (including phenoxy) is 1. The van der Waals surface area contributed by atoms with E-state index in [1.165, 1.54) is 5.06 Å². The molecule has 0 spiro atoms. The second-order valence-electron chi connectivity index (χ2n) is 6.27. The van der Waals surface area contributed by atoms with E-state index in [1.807, 2.05) is 4.90 Å². The van der Waals surface area contributed by atoms with Crippen LogP contribution in [0.4, 0.5) is 10.3 Å². The van der Waals surface area contributed by atoms with E-state index in [0.717, 1.165) is 25.2 Å². The lowest BCUT2D eigenvalue weighted by Gasteiger charge is -2.43. The molecule has 0 saturated carbocycles. The minimum Gasteiger partial charge on any atom is -0.377 e. The van der Waals surface area contributed by atoms with E-state index < -0.39 is 11.2 Å². The van der Waals surface area contributed by atoms with Gasteiger partial charge in [-0.1, -0.05) is 0 Å². The molecule has 0 bridgehead atoms. The normalized spacial score (nSPS) is 30.6. The number of hydrogen-bond donors (Lipinski definition) is 0. The van der Waals surface area contributed by atoms with Crippen LogP contribution < -0.4 is 4.90 Å². The van der Waals surface area contributed by atoms with Crippen LogP contribution in [0.2, 0.25) is 0 Å². The number of piperidine rings is 1. The molecule has 8 heteroatoms. The van der Waals surface area contributed by atoms with Crippen LogP contribution in [0.3, 0.4) is 0 Å². The lowest BCUT2D eigenvalue weighted by Crippen LogP contribution is -2.57. The van der Waals surface area contributed by atoms with Crippen LogP contribution in [-0.4, -0.2) is 59.9 Å². The Morgan fingerprint density at radius 2 is 2.13 bits per heavy atom. The van der Waals surface area contributed by atoms with E-state index in [4.69, 9.17) is 9.57 Å². The molecule has 0 radical (unpaired) electrons. The van der Waals surface area contributed by atoms with Crippen LogP contribution in [0.15, 0.2) is 12.4 Å². The Balaban J connectivity index is 1.60. The number of aromatic nitrogens is 2. The minimum atomic E-state index is -0.625. The highest BCUT2D eigenvalue weighted by atomic mass is 19.1. The SMILES string of the molecule is O=C(N1CCCO1)[C@@]12CCO[C@@H]1CCN(c1ncc(F)cn1)C2. The molecule has 0 unspecified atom stereocenters. The van der Waals surface area contributed by atoms with Gasteiger partial charge in [0.05, 0.1) is 37.1 Å². The summed E-state index contributed by atoms with van der Waals surface area (Å²) in [7, 11) is 0. The summed E-state index contributed by atoms with van der Waals surface area (Å²) in [6.45, 7) is 2.94. The summed E-state index contributed by atoms with van der Waals surface area (Å²) in [5.74, 6) is -0.0281. The van der Waals surface area contributed by atoms with Crippen molar-refractivity contribution < 1.29 is 18.8 Å². The van der Waals surface area contributed by atoms with Gasteiger partial charge in [-0.3, -0.25) is 9.63 Å². The summed E-state index contributed by atoms with van der Waals surface area (Å²) in [6.07, 6.45) is 4.44. The lowest BCUT2D eigenvalue weighted by atomic mass is 9.75. The van der Waals surface area contributed by atoms with Gasteiger partial charge in [-0.25, -0.2) is 19.4 Å². The van der Waals surface area contributed by atoms with Crippen molar-refractivity contribution in [2.75, 3.05) is 37.7 Å². The second kappa shape index (κ2) is 5.68. The van der Waals surface area contributed by atoms with Crippen molar-refractivity contribution in [3.8, 4) is 0 Å². The van der Waals surface area contributed by atoms with Gasteiger partial charge < -0.3 is 9.64 Å². The number of rotatable bonds is 2. The number of hydroxylamine groups is 2. The molecule has 124 valence electrons. The van der Waals surface area contributed by atoms with Crippen LogP contribution in [-0.2, 0) is 14.4 Å². The third-order valence-corrected chi connectivity index (χ3v) is 4.91. The molecule has 3 fully saturated rings. The smallest absolute Gasteiger partial charge is 0.256 e. The van der Waals surface area contributed by atoms with Gasteiger partial charge in [-0.2, -0.15) is 0 Å². The van der Waals surface area contributed by atoms with E-state index in [1.54, 1.807) is 0 Å². The zero-order valence-electron chi connectivity index (χ0n) is 12.8. The number of nitrogens with zero attached hydrogens (tertiary/aromatic N) is 4. The van der Waals surface area contributed by atoms with E-state index in [-0.39, 0.29) is 12.0 Å². The van der Waals surface area contributed by atoms with Crippen LogP contribution in [0, 0.1) is 11.2 Å². The maximum atomic E-state index is 13.0. The Hall–Kier alpha value is -1.80. The fourth-order valence-corrected chi connectivity index (χ4v) is 3.74. The number of amides is 1. The number of fused-ring (bicyclic) bond motifs is 1. The molecule has 0 aliphatic carbocycles. The second-order valence-corrected chi connectivity index (χ2v) is 6.27. The Kier molecular flexibility index (Phi) is 3.65. The van der Waals surface area contributed by atoms with Gasteiger partial charge in [0.15, 0.2) is 5.82 Å². The lowest BCUT2D eigenvalue weighted by molar-refractivity contribution is -0.184. The average Bonchev–Trinajstić information content (AvgIpc) is 3.24. The first-order chi connectivity index (χ1) is 11.2. The van der Waals surface area contributed by atoms with Gasteiger partial charge in [0.2, 0.25) is 5.95 Å². The molecule has 3 aliphatic rings. The largest absolute Gasteiger partial charge is 0.377 e. The predicted molar refractivity (Wildman–Crippen MR) is 77.9 cm³/mol. The predicted octanol–water partition coefficient (Wildman–Crippen LogP) is 0.765. The molecule has 7 nitrogen and oxygen atoms in total. The standard InChI is InChI=1S/C15H19FN4O3/c16-11-8-17-14(18-9-11)19-5-2-12-15(10-19,3-7-22-12)13(21)20-4-1-6-23-20/h8-9,12H,1-7,10H2/t12-,15-/m1/s1. The summed E-state index contributed by atoms with van der Waals surface area (Å²) < 4.78 is 18.8. The molecule has 1 aromatic rings. The van der Waals surface area contributed by atoms with Crippen LogP contribution in [0.1, 0.15) is 19.3 Å². The summed E-state index contributed by atoms with van der Waals surface area (Å²) in [6, 6.07) is 0. The Morgan fingerprint density at radius 1 is 1.30 bits per heavy atom. The highest BCUT2D eigenvalue weighted by Crippen LogP contribution is 2.43. The molecule has 4 rings (SSSR count). The van der Waals surface area contributed by atoms with Crippen molar-refractivity contribution in [1.29, 1.82) is 0 Å². The van der Waals surface area contributed by atoms with Crippen LogP contribution in [0.25, 0.3) is 0 Å². The summed E-state index contributed by atoms with van der Waals surface area (Å²) >= 11 is 0. The highest BCUT2D eigenvalue weighted by Gasteiger charge is 2.55. The number of carbonyl (C=O) groups excluding carboxylic acids is 1. The van der Waals surface area contributed by atoms with Gasteiger partial charge >= 0.3 is 0 Å². The zero-order chi connectivity index (χ0) is 15.9. The molecular weight excluding hydrogens is 303 g/mol. The van der Waals surface area contributed by atoms with Crippen molar-refractivity contribution in [1.82, 2.24) is 15.0 Å². The maximum absolute atomic E-state index is 13.0. The van der Waals surface area contributed by atoms with E-state index in [0.29, 0.717) is 45.2 Å². The summed E-state index contributed by atoms with van der Waals surface area (Å²) in [5.41, 5.74) is -0.625. The molecule has 1 aromatic heterocycles. The van der Waals surface area contributed by atoms with Crippen LogP contribution in [0.5, 0.6) is 0 Å². The fraction of sp³-hybridized carbons (Fsp3) is 0.667. The highest BCUT2D eigenvalue weighted by molar-refractivity contribution is 5.84. The average molecular weight is 322 g/mol. The van der Waals surface area contributed by atoms with Crippen molar-refractivity contribution in [3.05, 3.63) is 18.2 Å². The molecule has 23 heavy (non-hydrogen) atoms. The molecule has 4 heterocycles. The van der Waals surface area contributed by atoms with Gasteiger partial charge in [-0.05, 0) is 19.3 Å². The van der Waals surface area contributed by atoms with E-state index >= 15 is 0 Å².